The highest BCUT2D eigenvalue weighted by Crippen LogP contribution is 2.19. The van der Waals surface area contributed by atoms with Gasteiger partial charge in [0.1, 0.15) is 6.61 Å². The highest BCUT2D eigenvalue weighted by atomic mass is 16.5. The smallest absolute Gasteiger partial charge is 0.246 e. The molecule has 0 aromatic carbocycles. The Labute approximate surface area is 127 Å². The number of aryl methyl sites for hydroxylation is 3. The monoisotopic (exact) mass is 293 g/mol. The van der Waals surface area contributed by atoms with Crippen LogP contribution in [0.25, 0.3) is 0 Å². The molecule has 5 heteroatoms. The zero-order valence-electron chi connectivity index (χ0n) is 13.2. The highest BCUT2D eigenvalue weighted by molar-refractivity contribution is 5.77. The van der Waals surface area contributed by atoms with Gasteiger partial charge in [-0.1, -0.05) is 19.3 Å². The topological polar surface area (TPSA) is 56.2 Å². The van der Waals surface area contributed by atoms with Crippen LogP contribution in [0.4, 0.5) is 0 Å². The summed E-state index contributed by atoms with van der Waals surface area (Å²) in [6.45, 7) is 5.75. The van der Waals surface area contributed by atoms with E-state index < -0.39 is 0 Å². The first-order chi connectivity index (χ1) is 10.1. The normalized spacial score (nSPS) is 16.1. The van der Waals surface area contributed by atoms with Crippen LogP contribution < -0.4 is 5.32 Å². The van der Waals surface area contributed by atoms with E-state index in [1.54, 1.807) is 0 Å². The van der Waals surface area contributed by atoms with Gasteiger partial charge < -0.3 is 10.1 Å². The van der Waals surface area contributed by atoms with Crippen LogP contribution in [-0.4, -0.2) is 34.9 Å². The Morgan fingerprint density at radius 3 is 2.81 bits per heavy atom. The van der Waals surface area contributed by atoms with Crippen molar-refractivity contribution < 1.29 is 9.53 Å². The van der Waals surface area contributed by atoms with Crippen LogP contribution in [-0.2, 0) is 16.1 Å². The van der Waals surface area contributed by atoms with Gasteiger partial charge in [0.2, 0.25) is 5.91 Å². The van der Waals surface area contributed by atoms with Crippen molar-refractivity contribution in [1.29, 1.82) is 0 Å². The third-order valence-corrected chi connectivity index (χ3v) is 3.97. The summed E-state index contributed by atoms with van der Waals surface area (Å²) in [7, 11) is 0. The van der Waals surface area contributed by atoms with Gasteiger partial charge in [0.15, 0.2) is 0 Å². The minimum Gasteiger partial charge on any atom is -0.368 e. The number of amides is 1. The van der Waals surface area contributed by atoms with Gasteiger partial charge >= 0.3 is 0 Å². The van der Waals surface area contributed by atoms with Crippen molar-refractivity contribution in [2.45, 2.75) is 65.0 Å². The Morgan fingerprint density at radius 2 is 2.14 bits per heavy atom. The quantitative estimate of drug-likeness (QED) is 0.785. The largest absolute Gasteiger partial charge is 0.368 e. The number of carbonyl (C=O) groups excluding carboxylic acids is 1. The Hall–Kier alpha value is -1.36. The third-order valence-electron chi connectivity index (χ3n) is 3.97. The Bertz CT molecular complexity index is 450. The second-order valence-electron chi connectivity index (χ2n) is 5.92. The van der Waals surface area contributed by atoms with E-state index in [1.807, 2.05) is 11.6 Å². The van der Waals surface area contributed by atoms with Crippen LogP contribution in [0.15, 0.2) is 6.07 Å². The number of aromatic nitrogens is 2. The summed E-state index contributed by atoms with van der Waals surface area (Å²) in [5, 5.41) is 7.32. The van der Waals surface area contributed by atoms with Gasteiger partial charge in [-0.3, -0.25) is 9.48 Å². The minimum atomic E-state index is -0.00561. The number of carbonyl (C=O) groups is 1. The van der Waals surface area contributed by atoms with E-state index in [0.29, 0.717) is 12.6 Å². The van der Waals surface area contributed by atoms with Crippen LogP contribution in [0.5, 0.6) is 0 Å². The summed E-state index contributed by atoms with van der Waals surface area (Å²) in [4.78, 5) is 11.7. The average Bonchev–Trinajstić information content (AvgIpc) is 2.80. The summed E-state index contributed by atoms with van der Waals surface area (Å²) < 4.78 is 7.64. The Morgan fingerprint density at radius 1 is 1.38 bits per heavy atom. The molecule has 1 aliphatic carbocycles. The lowest BCUT2D eigenvalue weighted by Gasteiger charge is -2.21. The highest BCUT2D eigenvalue weighted by Gasteiger charge is 2.14. The first-order valence-electron chi connectivity index (χ1n) is 8.04. The SMILES string of the molecule is Cc1cc(C)n(CCCNC(=O)COC2CCCCC2)n1. The van der Waals surface area contributed by atoms with E-state index in [4.69, 9.17) is 4.74 Å². The zero-order valence-corrected chi connectivity index (χ0v) is 13.2. The lowest BCUT2D eigenvalue weighted by atomic mass is 9.98. The van der Waals surface area contributed by atoms with Crippen molar-refractivity contribution in [3.8, 4) is 0 Å². The number of rotatable bonds is 7. The van der Waals surface area contributed by atoms with Crippen LogP contribution in [0.2, 0.25) is 0 Å². The number of hydrogen-bond acceptors (Lipinski definition) is 3. The second-order valence-corrected chi connectivity index (χ2v) is 5.92. The fourth-order valence-electron chi connectivity index (χ4n) is 2.83. The summed E-state index contributed by atoms with van der Waals surface area (Å²) in [6.07, 6.45) is 7.15. The lowest BCUT2D eigenvalue weighted by Crippen LogP contribution is -2.31. The third kappa shape index (κ3) is 5.50. The van der Waals surface area contributed by atoms with E-state index in [-0.39, 0.29) is 12.5 Å². The number of nitrogens with zero attached hydrogens (tertiary/aromatic N) is 2. The molecule has 0 saturated heterocycles. The van der Waals surface area contributed by atoms with Crippen molar-refractivity contribution in [3.63, 3.8) is 0 Å². The molecule has 1 saturated carbocycles. The first-order valence-corrected chi connectivity index (χ1v) is 8.04. The molecule has 1 aromatic heterocycles. The van der Waals surface area contributed by atoms with Crippen molar-refractivity contribution in [1.82, 2.24) is 15.1 Å². The van der Waals surface area contributed by atoms with Crippen molar-refractivity contribution in [2.24, 2.45) is 0 Å². The zero-order chi connectivity index (χ0) is 15.1. The second kappa shape index (κ2) is 8.17. The van der Waals surface area contributed by atoms with Gasteiger partial charge in [-0.05, 0) is 39.2 Å². The maximum atomic E-state index is 11.7. The van der Waals surface area contributed by atoms with E-state index in [0.717, 1.165) is 31.5 Å². The first kappa shape index (κ1) is 16.0. The molecule has 1 heterocycles. The lowest BCUT2D eigenvalue weighted by molar-refractivity contribution is -0.128. The maximum absolute atomic E-state index is 11.7. The summed E-state index contributed by atoms with van der Waals surface area (Å²) in [6, 6.07) is 2.07. The molecule has 1 amide bonds. The average molecular weight is 293 g/mol. The molecule has 1 aromatic rings. The molecule has 1 N–H and O–H groups in total. The molecular weight excluding hydrogens is 266 g/mol. The number of ether oxygens (including phenoxy) is 1. The van der Waals surface area contributed by atoms with Gasteiger partial charge in [0.25, 0.3) is 0 Å². The summed E-state index contributed by atoms with van der Waals surface area (Å²) in [5.41, 5.74) is 2.21. The van der Waals surface area contributed by atoms with Gasteiger partial charge in [0, 0.05) is 18.8 Å². The minimum absolute atomic E-state index is 0.00561. The summed E-state index contributed by atoms with van der Waals surface area (Å²) >= 11 is 0. The molecule has 2 rings (SSSR count). The molecule has 0 radical (unpaired) electrons. The van der Waals surface area contributed by atoms with Crippen LogP contribution >= 0.6 is 0 Å². The molecule has 1 fully saturated rings. The van der Waals surface area contributed by atoms with E-state index in [1.165, 1.54) is 25.0 Å². The predicted octanol–water partition coefficient (Wildman–Crippen LogP) is 2.36. The van der Waals surface area contributed by atoms with E-state index in [2.05, 4.69) is 23.4 Å². The van der Waals surface area contributed by atoms with E-state index >= 15 is 0 Å². The van der Waals surface area contributed by atoms with Gasteiger partial charge in [-0.15, -0.1) is 0 Å². The molecule has 0 spiro atoms. The predicted molar refractivity (Wildman–Crippen MR) is 82.2 cm³/mol. The van der Waals surface area contributed by atoms with Crippen molar-refractivity contribution in [3.05, 3.63) is 17.5 Å². The Kier molecular flexibility index (Phi) is 6.23. The van der Waals surface area contributed by atoms with E-state index in [9.17, 15) is 4.79 Å². The van der Waals surface area contributed by atoms with Crippen LogP contribution in [0.1, 0.15) is 49.9 Å². The van der Waals surface area contributed by atoms with Crippen molar-refractivity contribution >= 4 is 5.91 Å². The molecule has 0 bridgehead atoms. The Balaban J connectivity index is 1.55. The molecule has 1 aliphatic rings. The fraction of sp³-hybridized carbons (Fsp3) is 0.750. The summed E-state index contributed by atoms with van der Waals surface area (Å²) in [5.74, 6) is -0.00561. The molecular formula is C16H27N3O2. The molecule has 118 valence electrons. The van der Waals surface area contributed by atoms with Gasteiger partial charge in [0.05, 0.1) is 11.8 Å². The van der Waals surface area contributed by atoms with Crippen LogP contribution in [0, 0.1) is 13.8 Å². The molecule has 5 nitrogen and oxygen atoms in total. The van der Waals surface area contributed by atoms with Gasteiger partial charge in [-0.25, -0.2) is 0 Å². The van der Waals surface area contributed by atoms with Gasteiger partial charge in [-0.2, -0.15) is 5.10 Å². The number of nitrogens with one attached hydrogen (secondary N) is 1. The van der Waals surface area contributed by atoms with Crippen molar-refractivity contribution in [2.75, 3.05) is 13.2 Å². The molecule has 21 heavy (non-hydrogen) atoms. The molecule has 0 atom stereocenters. The van der Waals surface area contributed by atoms with Crippen LogP contribution in [0.3, 0.4) is 0 Å². The standard InChI is InChI=1S/C16H27N3O2/c1-13-11-14(2)19(18-13)10-6-9-17-16(20)12-21-15-7-4-3-5-8-15/h11,15H,3-10,12H2,1-2H3,(H,17,20). The fourth-order valence-corrected chi connectivity index (χ4v) is 2.83. The molecule has 0 aliphatic heterocycles. The maximum Gasteiger partial charge on any atom is 0.246 e. The number of hydrogen-bond donors (Lipinski definition) is 1. The molecule has 0 unspecified atom stereocenters.